The zero-order valence-corrected chi connectivity index (χ0v) is 26.6. The number of carbonyl (C=O) groups is 2. The topological polar surface area (TPSA) is 139 Å². The number of non-ortho nitro benzene ring substituents is 1. The third-order valence-corrected chi connectivity index (χ3v) is 8.92. The number of amides is 2. The summed E-state index contributed by atoms with van der Waals surface area (Å²) in [6, 6.07) is 27.5. The molecule has 0 aromatic heterocycles. The number of anilines is 1. The number of benzene rings is 4. The standard InChI is InChI=1S/C34H36N4O7S/c1-25(2)35-34(40)32(21-26-12-6-4-7-13-26)36(23-27-14-10-17-30(20-27)45-3)33(39)24-37(28-15-11-16-29(22-28)38(41)42)46(43,44)31-18-8-5-9-19-31/h4-20,22,25,32H,21,23-24H2,1-3H3,(H,35,40)/t32-/m1/s1. The van der Waals surface area contributed by atoms with E-state index in [1.54, 1.807) is 42.5 Å². The van der Waals surface area contributed by atoms with Crippen LogP contribution in [0, 0.1) is 10.1 Å². The summed E-state index contributed by atoms with van der Waals surface area (Å²) in [4.78, 5) is 40.5. The molecule has 12 heteroatoms. The summed E-state index contributed by atoms with van der Waals surface area (Å²) >= 11 is 0. The van der Waals surface area contributed by atoms with Gasteiger partial charge in [0, 0.05) is 31.1 Å². The summed E-state index contributed by atoms with van der Waals surface area (Å²) in [5.41, 5.74) is 1.03. The van der Waals surface area contributed by atoms with Crippen LogP contribution >= 0.6 is 0 Å². The first-order valence-electron chi connectivity index (χ1n) is 14.6. The van der Waals surface area contributed by atoms with Gasteiger partial charge >= 0.3 is 0 Å². The van der Waals surface area contributed by atoms with Gasteiger partial charge < -0.3 is 15.0 Å². The van der Waals surface area contributed by atoms with Gasteiger partial charge in [-0.15, -0.1) is 0 Å². The highest BCUT2D eigenvalue weighted by Crippen LogP contribution is 2.28. The van der Waals surface area contributed by atoms with Crippen molar-refractivity contribution in [1.29, 1.82) is 0 Å². The molecule has 1 atom stereocenters. The molecular formula is C34H36N4O7S. The Hall–Kier alpha value is -5.23. The van der Waals surface area contributed by atoms with Crippen LogP contribution in [0.15, 0.2) is 114 Å². The van der Waals surface area contributed by atoms with E-state index < -0.39 is 39.3 Å². The van der Waals surface area contributed by atoms with E-state index in [9.17, 15) is 28.1 Å². The molecule has 0 unspecified atom stereocenters. The summed E-state index contributed by atoms with van der Waals surface area (Å²) < 4.78 is 34.3. The Bertz CT molecular complexity index is 1770. The minimum Gasteiger partial charge on any atom is -0.497 e. The molecule has 0 aliphatic heterocycles. The van der Waals surface area contributed by atoms with Crippen LogP contribution < -0.4 is 14.4 Å². The average Bonchev–Trinajstić information content (AvgIpc) is 3.05. The minimum atomic E-state index is -4.39. The molecule has 2 amide bonds. The molecule has 0 saturated heterocycles. The van der Waals surface area contributed by atoms with Crippen LogP contribution in [0.4, 0.5) is 11.4 Å². The van der Waals surface area contributed by atoms with Crippen LogP contribution in [0.2, 0.25) is 0 Å². The van der Waals surface area contributed by atoms with Gasteiger partial charge in [-0.25, -0.2) is 8.42 Å². The molecular weight excluding hydrogens is 608 g/mol. The lowest BCUT2D eigenvalue weighted by Crippen LogP contribution is -2.54. The maximum atomic E-state index is 14.5. The second-order valence-corrected chi connectivity index (χ2v) is 12.7. The summed E-state index contributed by atoms with van der Waals surface area (Å²) in [6.45, 7) is 2.83. The van der Waals surface area contributed by atoms with Gasteiger partial charge in [0.15, 0.2) is 0 Å². The number of rotatable bonds is 14. The maximum Gasteiger partial charge on any atom is 0.271 e. The molecule has 0 aliphatic rings. The molecule has 1 N–H and O–H groups in total. The molecule has 0 heterocycles. The number of nitro groups is 1. The molecule has 4 aromatic rings. The second-order valence-electron chi connectivity index (χ2n) is 10.8. The fourth-order valence-corrected chi connectivity index (χ4v) is 6.34. The first-order valence-corrected chi connectivity index (χ1v) is 16.0. The van der Waals surface area contributed by atoms with Crippen molar-refractivity contribution < 1.29 is 27.7 Å². The predicted molar refractivity (Wildman–Crippen MR) is 175 cm³/mol. The van der Waals surface area contributed by atoms with Gasteiger partial charge in [0.25, 0.3) is 15.7 Å². The van der Waals surface area contributed by atoms with Crippen LogP contribution in [0.3, 0.4) is 0 Å². The molecule has 4 rings (SSSR count). The Balaban J connectivity index is 1.84. The van der Waals surface area contributed by atoms with Crippen molar-refractivity contribution in [2.24, 2.45) is 0 Å². The number of carbonyl (C=O) groups excluding carboxylic acids is 2. The molecule has 0 spiro atoms. The number of nitro benzene ring substituents is 1. The highest BCUT2D eigenvalue weighted by atomic mass is 32.2. The lowest BCUT2D eigenvalue weighted by molar-refractivity contribution is -0.384. The Morgan fingerprint density at radius 2 is 1.50 bits per heavy atom. The smallest absolute Gasteiger partial charge is 0.271 e. The molecule has 11 nitrogen and oxygen atoms in total. The van der Waals surface area contributed by atoms with Crippen LogP contribution in [0.5, 0.6) is 5.75 Å². The molecule has 0 bridgehead atoms. The Labute approximate surface area is 268 Å². The molecule has 0 saturated carbocycles. The molecule has 0 aliphatic carbocycles. The van der Waals surface area contributed by atoms with Gasteiger partial charge in [-0.2, -0.15) is 0 Å². The number of sulfonamides is 1. The van der Waals surface area contributed by atoms with Crippen molar-refractivity contribution in [2.45, 2.75) is 43.8 Å². The molecule has 0 fully saturated rings. The second kappa shape index (κ2) is 15.2. The SMILES string of the molecule is COc1cccc(CN(C(=O)CN(c2cccc([N+](=O)[O-])c2)S(=O)(=O)c2ccccc2)[C@H](Cc2ccccc2)C(=O)NC(C)C)c1. The van der Waals surface area contributed by atoms with Gasteiger partial charge in [-0.05, 0) is 55.3 Å². The summed E-state index contributed by atoms with van der Waals surface area (Å²) in [5, 5.41) is 14.5. The fraction of sp³-hybridized carbons (Fsp3) is 0.235. The Morgan fingerprint density at radius 3 is 2.13 bits per heavy atom. The highest BCUT2D eigenvalue weighted by Gasteiger charge is 2.35. The van der Waals surface area contributed by atoms with Crippen molar-refractivity contribution in [3.63, 3.8) is 0 Å². The lowest BCUT2D eigenvalue weighted by atomic mass is 10.0. The van der Waals surface area contributed by atoms with E-state index in [0.717, 1.165) is 15.9 Å². The molecule has 0 radical (unpaired) electrons. The number of methoxy groups -OCH3 is 1. The molecule has 240 valence electrons. The van der Waals surface area contributed by atoms with E-state index in [4.69, 9.17) is 4.74 Å². The predicted octanol–water partition coefficient (Wildman–Crippen LogP) is 4.96. The van der Waals surface area contributed by atoms with Crippen LogP contribution in [0.25, 0.3) is 0 Å². The van der Waals surface area contributed by atoms with Crippen molar-refractivity contribution in [1.82, 2.24) is 10.2 Å². The zero-order valence-electron chi connectivity index (χ0n) is 25.8. The van der Waals surface area contributed by atoms with Crippen molar-refractivity contribution in [3.05, 3.63) is 130 Å². The van der Waals surface area contributed by atoms with E-state index in [2.05, 4.69) is 5.32 Å². The maximum absolute atomic E-state index is 14.5. The summed E-state index contributed by atoms with van der Waals surface area (Å²) in [5.74, 6) is -0.558. The molecule has 46 heavy (non-hydrogen) atoms. The zero-order chi connectivity index (χ0) is 33.3. The van der Waals surface area contributed by atoms with Crippen molar-refractivity contribution >= 4 is 33.2 Å². The quantitative estimate of drug-likeness (QED) is 0.151. The Morgan fingerprint density at radius 1 is 0.870 bits per heavy atom. The number of nitrogens with one attached hydrogen (secondary N) is 1. The first-order chi connectivity index (χ1) is 22.0. The number of hydrogen-bond donors (Lipinski definition) is 1. The third-order valence-electron chi connectivity index (χ3n) is 7.13. The van der Waals surface area contributed by atoms with E-state index >= 15 is 0 Å². The largest absolute Gasteiger partial charge is 0.497 e. The highest BCUT2D eigenvalue weighted by molar-refractivity contribution is 7.92. The minimum absolute atomic E-state index is 0.0484. The third kappa shape index (κ3) is 8.48. The van der Waals surface area contributed by atoms with Gasteiger partial charge in [-0.1, -0.05) is 66.7 Å². The fourth-order valence-electron chi connectivity index (χ4n) is 4.91. The van der Waals surface area contributed by atoms with Crippen LogP contribution in [-0.2, 0) is 32.6 Å². The first kappa shape index (κ1) is 33.7. The van der Waals surface area contributed by atoms with Gasteiger partial charge in [0.05, 0.1) is 22.6 Å². The monoisotopic (exact) mass is 644 g/mol. The van der Waals surface area contributed by atoms with Crippen LogP contribution in [-0.4, -0.2) is 55.8 Å². The average molecular weight is 645 g/mol. The molecule has 4 aromatic carbocycles. The van der Waals surface area contributed by atoms with Crippen LogP contribution in [0.1, 0.15) is 25.0 Å². The van der Waals surface area contributed by atoms with E-state index in [1.807, 2.05) is 44.2 Å². The number of nitrogens with zero attached hydrogens (tertiary/aromatic N) is 3. The number of ether oxygens (including phenoxy) is 1. The van der Waals surface area contributed by atoms with E-state index in [0.29, 0.717) is 11.3 Å². The summed E-state index contributed by atoms with van der Waals surface area (Å²) in [7, 11) is -2.87. The normalized spacial score (nSPS) is 11.8. The number of hydrogen-bond acceptors (Lipinski definition) is 7. The van der Waals surface area contributed by atoms with E-state index in [-0.39, 0.29) is 35.3 Å². The van der Waals surface area contributed by atoms with Crippen molar-refractivity contribution in [2.75, 3.05) is 18.0 Å². The Kier molecular flexibility index (Phi) is 11.1. The van der Waals surface area contributed by atoms with E-state index in [1.165, 1.54) is 42.3 Å². The van der Waals surface area contributed by atoms with Gasteiger partial charge in [-0.3, -0.25) is 24.0 Å². The van der Waals surface area contributed by atoms with Crippen molar-refractivity contribution in [3.8, 4) is 5.75 Å². The summed E-state index contributed by atoms with van der Waals surface area (Å²) in [6.07, 6.45) is 0.150. The van der Waals surface area contributed by atoms with Gasteiger partial charge in [0.2, 0.25) is 11.8 Å². The lowest BCUT2D eigenvalue weighted by Gasteiger charge is -2.34. The van der Waals surface area contributed by atoms with Gasteiger partial charge in [0.1, 0.15) is 18.3 Å².